The summed E-state index contributed by atoms with van der Waals surface area (Å²) in [5, 5.41) is 5.18. The van der Waals surface area contributed by atoms with Gasteiger partial charge >= 0.3 is 18.2 Å². The zero-order valence-corrected chi connectivity index (χ0v) is 28.4. The van der Waals surface area contributed by atoms with Crippen molar-refractivity contribution in [1.82, 2.24) is 10.6 Å². The lowest BCUT2D eigenvalue weighted by Gasteiger charge is -2.17. The molecule has 0 radical (unpaired) electrons. The van der Waals surface area contributed by atoms with Crippen LogP contribution in [0.25, 0.3) is 0 Å². The van der Waals surface area contributed by atoms with E-state index in [1.54, 1.807) is 6.92 Å². The number of carbonyl (C=O) groups excluding carboxylic acids is 4. The van der Waals surface area contributed by atoms with Gasteiger partial charge in [-0.05, 0) is 35.6 Å². The van der Waals surface area contributed by atoms with Crippen LogP contribution < -0.4 is 10.6 Å². The number of amides is 2. The van der Waals surface area contributed by atoms with E-state index >= 15 is 0 Å². The predicted octanol–water partition coefficient (Wildman–Crippen LogP) is 7.22. The summed E-state index contributed by atoms with van der Waals surface area (Å²) in [6.07, 6.45) is -0.548. The second-order valence-electron chi connectivity index (χ2n) is 10.2. The average Bonchev–Trinajstić information content (AvgIpc) is 3.15. The third kappa shape index (κ3) is 16.3. The van der Waals surface area contributed by atoms with Crippen molar-refractivity contribution in [2.45, 2.75) is 45.1 Å². The summed E-state index contributed by atoms with van der Waals surface area (Å²) in [6, 6.07) is 36.1. The minimum Gasteiger partial charge on any atom is -0.464 e. The van der Waals surface area contributed by atoms with Crippen molar-refractivity contribution >= 4 is 35.5 Å². The molecule has 0 saturated heterocycles. The molecule has 0 bridgehead atoms. The van der Waals surface area contributed by atoms with Gasteiger partial charge in [0.2, 0.25) is 0 Å². The highest BCUT2D eigenvalue weighted by molar-refractivity contribution is 6.28. The highest BCUT2D eigenvalue weighted by atomic mass is 35.5. The van der Waals surface area contributed by atoms with Gasteiger partial charge in [-0.2, -0.15) is 0 Å². The Kier molecular flexibility index (Phi) is 19.3. The minimum absolute atomic E-state index is 0.146. The second kappa shape index (κ2) is 23.8. The average molecular weight is 687 g/mol. The quantitative estimate of drug-likeness (QED) is 0.0622. The van der Waals surface area contributed by atoms with Crippen LogP contribution in [0.1, 0.15) is 29.2 Å². The highest BCUT2D eigenvalue weighted by Crippen LogP contribution is 2.08. The molecule has 4 rings (SSSR count). The van der Waals surface area contributed by atoms with Crippen molar-refractivity contribution in [3.63, 3.8) is 0 Å². The Balaban J connectivity index is 0.000000324. The first-order valence-electron chi connectivity index (χ1n) is 15.7. The first-order valence-corrected chi connectivity index (χ1v) is 16.2. The van der Waals surface area contributed by atoms with Gasteiger partial charge in [-0.1, -0.05) is 121 Å². The Morgan fingerprint density at radius 2 is 0.918 bits per heavy atom. The first-order chi connectivity index (χ1) is 23.9. The van der Waals surface area contributed by atoms with Gasteiger partial charge in [0.25, 0.3) is 0 Å². The number of ether oxygens (including phenoxy) is 3. The fourth-order valence-electron chi connectivity index (χ4n) is 4.29. The maximum Gasteiger partial charge on any atom is 0.408 e. The Labute approximate surface area is 293 Å². The van der Waals surface area contributed by atoms with E-state index in [0.717, 1.165) is 22.3 Å². The van der Waals surface area contributed by atoms with Gasteiger partial charge in [0, 0.05) is 6.42 Å². The van der Waals surface area contributed by atoms with Crippen LogP contribution in [-0.2, 0) is 49.9 Å². The number of Topliss-reactive ketones (excluding diaryl/α,β-unsaturated/α-hetero) is 1. The van der Waals surface area contributed by atoms with Gasteiger partial charge in [-0.15, -0.1) is 24.8 Å². The normalized spacial score (nSPS) is 11.1. The van der Waals surface area contributed by atoms with E-state index in [0.29, 0.717) is 12.8 Å². The fraction of sp³-hybridized carbons (Fsp3) is 0.231. The summed E-state index contributed by atoms with van der Waals surface area (Å²) in [7, 11) is 0. The standard InChI is InChI=1S/C19H21NO4.C18H18ClNO3.C2H4/c1-2-23-18(21)17(13-15-9-5-3-6-10-15)20-19(22)24-14-16-11-7-4-8-12-16;19-12-17(21)16(11-14-7-3-1-4-8-14)20-18(22)23-13-15-9-5-2-6-10-15;1-2/h3-12,17H,2,13-14H2,1H3,(H,20,22);1-10,16H,11-13H2,(H,20,22);1-2H2. The molecule has 2 N–H and O–H groups in total. The zero-order chi connectivity index (χ0) is 35.7. The number of nitrogens with one attached hydrogen (secondary N) is 2. The molecule has 2 atom stereocenters. The monoisotopic (exact) mass is 686 g/mol. The zero-order valence-electron chi connectivity index (χ0n) is 27.6. The van der Waals surface area contributed by atoms with Gasteiger partial charge in [0.1, 0.15) is 19.3 Å². The van der Waals surface area contributed by atoms with Gasteiger partial charge in [0.05, 0.1) is 18.5 Å². The van der Waals surface area contributed by atoms with E-state index in [1.165, 1.54) is 0 Å². The lowest BCUT2D eigenvalue weighted by molar-refractivity contribution is -0.145. The van der Waals surface area contributed by atoms with E-state index in [4.69, 9.17) is 25.8 Å². The smallest absolute Gasteiger partial charge is 0.408 e. The summed E-state index contributed by atoms with van der Waals surface area (Å²) in [5.41, 5.74) is 3.63. The SMILES string of the molecule is C=C.CCOC(=O)C(Cc1ccccc1)NC(=O)OCc1ccccc1.O=C(NC(Cc1ccccc1)C(=O)CCl)OCc1ccccc1. The number of rotatable bonds is 14. The number of alkyl halides is 1. The summed E-state index contributed by atoms with van der Waals surface area (Å²) in [6.45, 7) is 8.28. The lowest BCUT2D eigenvalue weighted by atomic mass is 10.0. The molecule has 0 aliphatic carbocycles. The van der Waals surface area contributed by atoms with Crippen LogP contribution in [0.2, 0.25) is 0 Å². The molecule has 0 aliphatic heterocycles. The number of ketones is 1. The number of hydrogen-bond acceptors (Lipinski definition) is 7. The van der Waals surface area contributed by atoms with E-state index in [9.17, 15) is 19.2 Å². The van der Waals surface area contributed by atoms with E-state index in [2.05, 4.69) is 23.8 Å². The Hall–Kier alpha value is -5.41. The predicted molar refractivity (Wildman–Crippen MR) is 191 cm³/mol. The highest BCUT2D eigenvalue weighted by Gasteiger charge is 2.23. The second-order valence-corrected chi connectivity index (χ2v) is 10.5. The van der Waals surface area contributed by atoms with Crippen LogP contribution in [0.3, 0.4) is 0 Å². The number of alkyl carbamates (subject to hydrolysis) is 2. The summed E-state index contributed by atoms with van der Waals surface area (Å²) in [5.74, 6) is -0.874. The summed E-state index contributed by atoms with van der Waals surface area (Å²) < 4.78 is 15.3. The van der Waals surface area contributed by atoms with Gasteiger partial charge in [-0.25, -0.2) is 14.4 Å². The molecule has 0 heterocycles. The number of hydrogen-bond donors (Lipinski definition) is 2. The maximum atomic E-state index is 12.1. The van der Waals surface area contributed by atoms with Gasteiger partial charge in [0.15, 0.2) is 5.78 Å². The number of halogens is 1. The van der Waals surface area contributed by atoms with Crippen LogP contribution in [-0.4, -0.2) is 48.5 Å². The van der Waals surface area contributed by atoms with Crippen molar-refractivity contribution in [1.29, 1.82) is 0 Å². The molecule has 0 aliphatic rings. The minimum atomic E-state index is -0.782. The Morgan fingerprint density at radius 3 is 1.29 bits per heavy atom. The van der Waals surface area contributed by atoms with Gasteiger partial charge in [-0.3, -0.25) is 4.79 Å². The molecule has 258 valence electrons. The molecule has 0 fully saturated rings. The number of esters is 1. The largest absolute Gasteiger partial charge is 0.464 e. The van der Waals surface area contributed by atoms with Crippen LogP contribution in [0, 0.1) is 0 Å². The molecule has 0 saturated carbocycles. The Bertz CT molecular complexity index is 1520. The first kappa shape index (κ1) is 39.8. The molecule has 2 amide bonds. The fourth-order valence-corrected chi connectivity index (χ4v) is 4.47. The van der Waals surface area contributed by atoms with E-state index in [1.807, 2.05) is 121 Å². The lowest BCUT2D eigenvalue weighted by Crippen LogP contribution is -2.43. The molecule has 49 heavy (non-hydrogen) atoms. The number of carbonyl (C=O) groups is 4. The van der Waals surface area contributed by atoms with Crippen molar-refractivity contribution in [2.24, 2.45) is 0 Å². The molecule has 0 spiro atoms. The van der Waals surface area contributed by atoms with Crippen molar-refractivity contribution in [3.8, 4) is 0 Å². The molecule has 4 aromatic rings. The third-order valence-electron chi connectivity index (χ3n) is 6.67. The maximum absolute atomic E-state index is 12.1. The molecule has 0 aromatic heterocycles. The van der Waals surface area contributed by atoms with Gasteiger partial charge < -0.3 is 24.8 Å². The Morgan fingerprint density at radius 1 is 0.571 bits per heavy atom. The van der Waals surface area contributed by atoms with Crippen LogP contribution >= 0.6 is 11.6 Å². The molecular weight excluding hydrogens is 644 g/mol. The van der Waals surface area contributed by atoms with Crippen molar-refractivity contribution in [2.75, 3.05) is 12.5 Å². The molecule has 4 aromatic carbocycles. The summed E-state index contributed by atoms with van der Waals surface area (Å²) >= 11 is 5.63. The molecule has 10 heteroatoms. The number of benzene rings is 4. The molecular formula is C39H43ClN2O7. The molecule has 9 nitrogen and oxygen atoms in total. The van der Waals surface area contributed by atoms with Crippen molar-refractivity contribution < 1.29 is 33.4 Å². The molecule has 2 unspecified atom stereocenters. The summed E-state index contributed by atoms with van der Waals surface area (Å²) in [4.78, 5) is 47.9. The van der Waals surface area contributed by atoms with E-state index < -0.39 is 30.2 Å². The van der Waals surface area contributed by atoms with E-state index in [-0.39, 0.29) is 31.5 Å². The topological polar surface area (TPSA) is 120 Å². The van der Waals surface area contributed by atoms with Crippen LogP contribution in [0.15, 0.2) is 134 Å². The third-order valence-corrected chi connectivity index (χ3v) is 6.93. The van der Waals surface area contributed by atoms with Crippen molar-refractivity contribution in [3.05, 3.63) is 157 Å². The van der Waals surface area contributed by atoms with Crippen LogP contribution in [0.5, 0.6) is 0 Å². The van der Waals surface area contributed by atoms with Crippen LogP contribution in [0.4, 0.5) is 9.59 Å².